The van der Waals surface area contributed by atoms with Crippen molar-refractivity contribution in [3.8, 4) is 5.75 Å². The van der Waals surface area contributed by atoms with Gasteiger partial charge in [-0.15, -0.1) is 0 Å². The van der Waals surface area contributed by atoms with Crippen molar-refractivity contribution in [2.75, 3.05) is 5.32 Å². The number of rotatable bonds is 7. The zero-order valence-electron chi connectivity index (χ0n) is 16.6. The van der Waals surface area contributed by atoms with E-state index in [4.69, 9.17) is 4.74 Å². The van der Waals surface area contributed by atoms with Gasteiger partial charge in [0.25, 0.3) is 5.91 Å². The van der Waals surface area contributed by atoms with Crippen molar-refractivity contribution in [3.05, 3.63) is 77.4 Å². The van der Waals surface area contributed by atoms with Crippen molar-refractivity contribution in [3.63, 3.8) is 0 Å². The Morgan fingerprint density at radius 1 is 1.10 bits per heavy atom. The highest BCUT2D eigenvalue weighted by Gasteiger charge is 2.13. The molecular weight excluding hydrogens is 371 g/mol. The van der Waals surface area contributed by atoms with E-state index in [9.17, 15) is 9.18 Å². The van der Waals surface area contributed by atoms with Crippen LogP contribution >= 0.6 is 0 Å². The predicted octanol–water partition coefficient (Wildman–Crippen LogP) is 4.38. The van der Waals surface area contributed by atoms with Gasteiger partial charge in [-0.2, -0.15) is 0 Å². The fourth-order valence-corrected chi connectivity index (χ4v) is 2.70. The third kappa shape index (κ3) is 5.51. The molecule has 0 bridgehead atoms. The summed E-state index contributed by atoms with van der Waals surface area (Å²) in [6.07, 6.45) is 0.0103. The average molecular weight is 394 g/mol. The Morgan fingerprint density at radius 3 is 2.59 bits per heavy atom. The van der Waals surface area contributed by atoms with E-state index in [0.717, 1.165) is 0 Å². The largest absolute Gasteiger partial charge is 0.489 e. The maximum Gasteiger partial charge on any atom is 0.270 e. The zero-order valence-corrected chi connectivity index (χ0v) is 16.6. The second-order valence-corrected chi connectivity index (χ2v) is 6.78. The number of anilines is 2. The number of hydrogen-bond donors (Lipinski definition) is 2. The van der Waals surface area contributed by atoms with Crippen LogP contribution in [0.15, 0.2) is 54.6 Å². The van der Waals surface area contributed by atoms with Crippen molar-refractivity contribution in [2.45, 2.75) is 33.4 Å². The van der Waals surface area contributed by atoms with Crippen LogP contribution in [-0.4, -0.2) is 22.0 Å². The number of carbonyl (C=O) groups excluding carboxylic acids is 1. The van der Waals surface area contributed by atoms with Crippen LogP contribution in [0, 0.1) is 12.7 Å². The minimum atomic E-state index is -0.409. The fourth-order valence-electron chi connectivity index (χ4n) is 2.70. The number of para-hydroxylation sites is 2. The lowest BCUT2D eigenvalue weighted by atomic mass is 10.2. The number of nitrogens with one attached hydrogen (secondary N) is 2. The summed E-state index contributed by atoms with van der Waals surface area (Å²) >= 11 is 0. The number of halogens is 1. The lowest BCUT2D eigenvalue weighted by Crippen LogP contribution is -2.25. The highest BCUT2D eigenvalue weighted by Crippen LogP contribution is 2.27. The normalized spacial score (nSPS) is 10.7. The molecule has 1 heterocycles. The number of benzene rings is 2. The van der Waals surface area contributed by atoms with Crippen LogP contribution < -0.4 is 15.4 Å². The highest BCUT2D eigenvalue weighted by molar-refractivity contribution is 5.92. The van der Waals surface area contributed by atoms with Gasteiger partial charge in [0.05, 0.1) is 11.8 Å². The van der Waals surface area contributed by atoms with E-state index in [-0.39, 0.29) is 30.1 Å². The molecule has 0 aliphatic rings. The van der Waals surface area contributed by atoms with Crippen LogP contribution in [0.3, 0.4) is 0 Å². The monoisotopic (exact) mass is 394 g/mol. The summed E-state index contributed by atoms with van der Waals surface area (Å²) in [6, 6.07) is 15.3. The first-order valence-electron chi connectivity index (χ1n) is 9.32. The summed E-state index contributed by atoms with van der Waals surface area (Å²) in [6.45, 7) is 5.73. The van der Waals surface area contributed by atoms with Crippen LogP contribution in [0.25, 0.3) is 0 Å². The number of aryl methyl sites for hydroxylation is 1. The summed E-state index contributed by atoms with van der Waals surface area (Å²) in [5, 5.41) is 5.80. The maximum absolute atomic E-state index is 13.7. The molecule has 0 spiro atoms. The molecular formula is C22H23FN4O2. The summed E-state index contributed by atoms with van der Waals surface area (Å²) in [5.74, 6) is 0.170. The molecule has 0 atom stereocenters. The first-order valence-corrected chi connectivity index (χ1v) is 9.32. The van der Waals surface area contributed by atoms with E-state index >= 15 is 0 Å². The number of carbonyl (C=O) groups is 1. The first kappa shape index (κ1) is 20.3. The van der Waals surface area contributed by atoms with Gasteiger partial charge in [0, 0.05) is 17.8 Å². The molecule has 3 aromatic rings. The summed E-state index contributed by atoms with van der Waals surface area (Å²) < 4.78 is 19.5. The molecule has 6 nitrogen and oxygen atoms in total. The number of aromatic nitrogens is 2. The van der Waals surface area contributed by atoms with Crippen molar-refractivity contribution in [2.24, 2.45) is 0 Å². The van der Waals surface area contributed by atoms with Crippen LogP contribution in [0.1, 0.15) is 35.6 Å². The van der Waals surface area contributed by atoms with Gasteiger partial charge in [0.1, 0.15) is 17.3 Å². The van der Waals surface area contributed by atoms with Crippen LogP contribution in [0.2, 0.25) is 0 Å². The van der Waals surface area contributed by atoms with Crippen LogP contribution in [0.5, 0.6) is 5.75 Å². The Hall–Kier alpha value is -3.48. The van der Waals surface area contributed by atoms with E-state index in [2.05, 4.69) is 20.6 Å². The molecule has 7 heteroatoms. The zero-order chi connectivity index (χ0) is 20.8. The van der Waals surface area contributed by atoms with E-state index in [0.29, 0.717) is 22.7 Å². The van der Waals surface area contributed by atoms with E-state index in [1.54, 1.807) is 31.2 Å². The number of nitrogens with zero attached hydrogens (tertiary/aromatic N) is 2. The Bertz CT molecular complexity index is 1010. The fraction of sp³-hybridized carbons (Fsp3) is 0.227. The average Bonchev–Trinajstić information content (AvgIpc) is 2.68. The molecule has 0 aliphatic carbocycles. The van der Waals surface area contributed by atoms with Gasteiger partial charge in [-0.1, -0.05) is 30.3 Å². The topological polar surface area (TPSA) is 76.1 Å². The van der Waals surface area contributed by atoms with Crippen molar-refractivity contribution < 1.29 is 13.9 Å². The Kier molecular flexibility index (Phi) is 6.39. The maximum atomic E-state index is 13.7. The SMILES string of the molecule is Cc1cc(C(=O)NCc2ccccc2F)nc(Nc2ccccc2OC(C)C)n1. The standard InChI is InChI=1S/C22H23FN4O2/c1-14(2)29-20-11-7-6-10-18(20)26-22-25-15(3)12-19(27-22)21(28)24-13-16-8-4-5-9-17(16)23/h4-12,14H,13H2,1-3H3,(H,24,28)(H,25,26,27). The van der Waals surface area contributed by atoms with E-state index in [1.165, 1.54) is 6.07 Å². The molecule has 29 heavy (non-hydrogen) atoms. The highest BCUT2D eigenvalue weighted by atomic mass is 19.1. The minimum Gasteiger partial charge on any atom is -0.489 e. The van der Waals surface area contributed by atoms with E-state index < -0.39 is 5.91 Å². The third-order valence-electron chi connectivity index (χ3n) is 3.98. The van der Waals surface area contributed by atoms with Gasteiger partial charge in [-0.05, 0) is 45.0 Å². The van der Waals surface area contributed by atoms with Gasteiger partial charge in [-0.25, -0.2) is 14.4 Å². The second-order valence-electron chi connectivity index (χ2n) is 6.78. The van der Waals surface area contributed by atoms with Gasteiger partial charge in [-0.3, -0.25) is 4.79 Å². The smallest absolute Gasteiger partial charge is 0.270 e. The molecule has 2 aromatic carbocycles. The molecule has 0 fully saturated rings. The van der Waals surface area contributed by atoms with Crippen LogP contribution in [0.4, 0.5) is 16.0 Å². The molecule has 0 unspecified atom stereocenters. The molecule has 1 amide bonds. The van der Waals surface area contributed by atoms with Gasteiger partial charge >= 0.3 is 0 Å². The molecule has 2 N–H and O–H groups in total. The van der Waals surface area contributed by atoms with Gasteiger partial charge in [0.2, 0.25) is 5.95 Å². The number of hydrogen-bond acceptors (Lipinski definition) is 5. The van der Waals surface area contributed by atoms with Crippen molar-refractivity contribution in [1.29, 1.82) is 0 Å². The lowest BCUT2D eigenvalue weighted by molar-refractivity contribution is 0.0945. The summed E-state index contributed by atoms with van der Waals surface area (Å²) in [5.41, 5.74) is 1.92. The quantitative estimate of drug-likeness (QED) is 0.622. The van der Waals surface area contributed by atoms with Gasteiger partial charge < -0.3 is 15.4 Å². The van der Waals surface area contributed by atoms with Crippen LogP contribution in [-0.2, 0) is 6.54 Å². The molecule has 0 saturated carbocycles. The molecule has 0 radical (unpaired) electrons. The second kappa shape index (κ2) is 9.14. The first-order chi connectivity index (χ1) is 13.9. The summed E-state index contributed by atoms with van der Waals surface area (Å²) in [4.78, 5) is 21.2. The Labute approximate surface area is 169 Å². The molecule has 0 aliphatic heterocycles. The molecule has 150 valence electrons. The molecule has 3 rings (SSSR count). The Morgan fingerprint density at radius 2 is 1.83 bits per heavy atom. The molecule has 0 saturated heterocycles. The predicted molar refractivity (Wildman–Crippen MR) is 110 cm³/mol. The number of amides is 1. The van der Waals surface area contributed by atoms with Crippen molar-refractivity contribution in [1.82, 2.24) is 15.3 Å². The lowest BCUT2D eigenvalue weighted by Gasteiger charge is -2.15. The van der Waals surface area contributed by atoms with Gasteiger partial charge in [0.15, 0.2) is 0 Å². The number of ether oxygens (including phenoxy) is 1. The van der Waals surface area contributed by atoms with E-state index in [1.807, 2.05) is 38.1 Å². The third-order valence-corrected chi connectivity index (χ3v) is 3.98. The Balaban J connectivity index is 1.76. The minimum absolute atomic E-state index is 0.0103. The molecule has 1 aromatic heterocycles. The van der Waals surface area contributed by atoms with Crippen molar-refractivity contribution >= 4 is 17.5 Å². The summed E-state index contributed by atoms with van der Waals surface area (Å²) in [7, 11) is 0.